The van der Waals surface area contributed by atoms with E-state index >= 15 is 0 Å². The second-order valence-electron chi connectivity index (χ2n) is 6.51. The molecule has 0 spiro atoms. The Labute approximate surface area is 157 Å². The third kappa shape index (κ3) is 4.13. The van der Waals surface area contributed by atoms with Crippen LogP contribution in [0.2, 0.25) is 0 Å². The van der Waals surface area contributed by atoms with Gasteiger partial charge >= 0.3 is 5.97 Å². The Morgan fingerprint density at radius 1 is 1.04 bits per heavy atom. The Hall–Kier alpha value is -3.22. The zero-order valence-electron chi connectivity index (χ0n) is 14.9. The maximum absolute atomic E-state index is 12.4. The molecule has 1 saturated heterocycles. The summed E-state index contributed by atoms with van der Waals surface area (Å²) in [7, 11) is 0. The van der Waals surface area contributed by atoms with Crippen LogP contribution in [0, 0.1) is 5.92 Å². The lowest BCUT2D eigenvalue weighted by Crippen LogP contribution is -2.37. The first-order valence-electron chi connectivity index (χ1n) is 9.08. The first-order valence-corrected chi connectivity index (χ1v) is 9.08. The Kier molecular flexibility index (Phi) is 5.09. The number of para-hydroxylation sites is 1. The fourth-order valence-corrected chi connectivity index (χ4v) is 3.20. The van der Waals surface area contributed by atoms with Crippen molar-refractivity contribution in [3.05, 3.63) is 66.7 Å². The Morgan fingerprint density at radius 2 is 1.78 bits per heavy atom. The van der Waals surface area contributed by atoms with Crippen molar-refractivity contribution in [3.8, 4) is 5.69 Å². The third-order valence-electron chi connectivity index (χ3n) is 4.69. The minimum Gasteiger partial charge on any atom is -0.459 e. The standard InChI is InChI=1S/C20H21N5O2/c26-19(16-7-12-24(13-8-16)20-21-10-4-11-22-20)27-15-17-9-14-25(23-17)18-5-2-1-3-6-18/h1-6,9-11,14,16H,7-8,12-13,15H2. The van der Waals surface area contributed by atoms with Crippen LogP contribution in [-0.4, -0.2) is 38.8 Å². The summed E-state index contributed by atoms with van der Waals surface area (Å²) in [6.45, 7) is 1.71. The summed E-state index contributed by atoms with van der Waals surface area (Å²) in [5.41, 5.74) is 1.72. The Balaban J connectivity index is 1.27. The van der Waals surface area contributed by atoms with Gasteiger partial charge in [-0.1, -0.05) is 18.2 Å². The molecule has 2 aromatic heterocycles. The largest absolute Gasteiger partial charge is 0.459 e. The van der Waals surface area contributed by atoms with Gasteiger partial charge in [0.05, 0.1) is 11.6 Å². The summed E-state index contributed by atoms with van der Waals surface area (Å²) in [4.78, 5) is 23.0. The maximum atomic E-state index is 12.4. The third-order valence-corrected chi connectivity index (χ3v) is 4.69. The van der Waals surface area contributed by atoms with Crippen LogP contribution < -0.4 is 4.90 Å². The molecule has 3 aromatic rings. The highest BCUT2D eigenvalue weighted by atomic mass is 16.5. The molecule has 7 nitrogen and oxygen atoms in total. The van der Waals surface area contributed by atoms with Gasteiger partial charge < -0.3 is 9.64 Å². The molecule has 0 unspecified atom stereocenters. The quantitative estimate of drug-likeness (QED) is 0.649. The zero-order valence-corrected chi connectivity index (χ0v) is 14.9. The van der Waals surface area contributed by atoms with E-state index in [1.165, 1.54) is 0 Å². The van der Waals surface area contributed by atoms with Crippen LogP contribution in [-0.2, 0) is 16.1 Å². The van der Waals surface area contributed by atoms with Crippen molar-refractivity contribution < 1.29 is 9.53 Å². The number of carbonyl (C=O) groups is 1. The number of aromatic nitrogens is 4. The number of rotatable bonds is 5. The fourth-order valence-electron chi connectivity index (χ4n) is 3.20. The second kappa shape index (κ2) is 7.99. The lowest BCUT2D eigenvalue weighted by atomic mass is 9.97. The van der Waals surface area contributed by atoms with Crippen LogP contribution in [0.3, 0.4) is 0 Å². The molecule has 7 heteroatoms. The molecule has 0 atom stereocenters. The van der Waals surface area contributed by atoms with E-state index in [0.717, 1.165) is 43.3 Å². The van der Waals surface area contributed by atoms with Gasteiger partial charge in [0.15, 0.2) is 0 Å². The van der Waals surface area contributed by atoms with Crippen molar-refractivity contribution in [1.29, 1.82) is 0 Å². The average molecular weight is 363 g/mol. The molecule has 1 aliphatic rings. The van der Waals surface area contributed by atoms with Gasteiger partial charge in [-0.05, 0) is 37.1 Å². The smallest absolute Gasteiger partial charge is 0.309 e. The molecule has 27 heavy (non-hydrogen) atoms. The van der Waals surface area contributed by atoms with E-state index in [0.29, 0.717) is 0 Å². The number of esters is 1. The molecule has 138 valence electrons. The number of nitrogens with zero attached hydrogens (tertiary/aromatic N) is 5. The van der Waals surface area contributed by atoms with E-state index in [9.17, 15) is 4.79 Å². The molecule has 1 aromatic carbocycles. The summed E-state index contributed by atoms with van der Waals surface area (Å²) in [5, 5.41) is 4.46. The maximum Gasteiger partial charge on any atom is 0.309 e. The number of piperidine rings is 1. The van der Waals surface area contributed by atoms with Crippen LogP contribution in [0.25, 0.3) is 5.69 Å². The number of ether oxygens (including phenoxy) is 1. The van der Waals surface area contributed by atoms with E-state index in [1.807, 2.05) is 42.6 Å². The van der Waals surface area contributed by atoms with Crippen LogP contribution in [0.1, 0.15) is 18.5 Å². The first kappa shape index (κ1) is 17.2. The van der Waals surface area contributed by atoms with Crippen LogP contribution in [0.15, 0.2) is 61.1 Å². The predicted octanol–water partition coefficient (Wildman–Crippen LogP) is 2.62. The molecule has 4 rings (SSSR count). The van der Waals surface area contributed by atoms with Gasteiger partial charge in [0, 0.05) is 31.7 Å². The fraction of sp³-hybridized carbons (Fsp3) is 0.300. The molecule has 1 fully saturated rings. The van der Waals surface area contributed by atoms with Crippen molar-refractivity contribution in [1.82, 2.24) is 19.7 Å². The number of hydrogen-bond donors (Lipinski definition) is 0. The molecular weight excluding hydrogens is 342 g/mol. The Bertz CT molecular complexity index is 874. The number of hydrogen-bond acceptors (Lipinski definition) is 6. The van der Waals surface area contributed by atoms with Crippen molar-refractivity contribution in [2.24, 2.45) is 5.92 Å². The van der Waals surface area contributed by atoms with Crippen LogP contribution in [0.5, 0.6) is 0 Å². The topological polar surface area (TPSA) is 73.1 Å². The van der Waals surface area contributed by atoms with Crippen molar-refractivity contribution in [2.45, 2.75) is 19.4 Å². The molecule has 0 aliphatic carbocycles. The van der Waals surface area contributed by atoms with Crippen LogP contribution >= 0.6 is 0 Å². The molecule has 0 amide bonds. The SMILES string of the molecule is O=C(OCc1ccn(-c2ccccc2)n1)C1CCN(c2ncccn2)CC1. The first-order chi connectivity index (χ1) is 13.3. The van der Waals surface area contributed by atoms with Gasteiger partial charge in [-0.3, -0.25) is 4.79 Å². The summed E-state index contributed by atoms with van der Waals surface area (Å²) in [6.07, 6.45) is 6.83. The van der Waals surface area contributed by atoms with Gasteiger partial charge in [-0.15, -0.1) is 0 Å². The van der Waals surface area contributed by atoms with E-state index in [-0.39, 0.29) is 18.5 Å². The van der Waals surface area contributed by atoms with Gasteiger partial charge in [0.25, 0.3) is 0 Å². The van der Waals surface area contributed by atoms with Crippen molar-refractivity contribution >= 4 is 11.9 Å². The summed E-state index contributed by atoms with van der Waals surface area (Å²) >= 11 is 0. The van der Waals surface area contributed by atoms with Gasteiger partial charge in [-0.2, -0.15) is 5.10 Å². The molecule has 0 radical (unpaired) electrons. The molecule has 0 N–H and O–H groups in total. The van der Waals surface area contributed by atoms with E-state index in [1.54, 1.807) is 23.1 Å². The van der Waals surface area contributed by atoms with E-state index < -0.39 is 0 Å². The number of benzene rings is 1. The summed E-state index contributed by atoms with van der Waals surface area (Å²) < 4.78 is 7.27. The molecule has 0 bridgehead atoms. The monoisotopic (exact) mass is 363 g/mol. The molecule has 0 saturated carbocycles. The lowest BCUT2D eigenvalue weighted by Gasteiger charge is -2.30. The Morgan fingerprint density at radius 3 is 2.52 bits per heavy atom. The molecular formula is C20H21N5O2. The minimum absolute atomic E-state index is 0.0822. The van der Waals surface area contributed by atoms with Gasteiger partial charge in [0.2, 0.25) is 5.95 Å². The minimum atomic E-state index is -0.155. The molecule has 1 aliphatic heterocycles. The number of anilines is 1. The lowest BCUT2D eigenvalue weighted by molar-refractivity contribution is -0.150. The van der Waals surface area contributed by atoms with Gasteiger partial charge in [-0.25, -0.2) is 14.6 Å². The summed E-state index contributed by atoms with van der Waals surface area (Å²) in [5.74, 6) is 0.481. The van der Waals surface area contributed by atoms with E-state index in [2.05, 4.69) is 20.0 Å². The summed E-state index contributed by atoms with van der Waals surface area (Å²) in [6, 6.07) is 13.5. The van der Waals surface area contributed by atoms with Crippen molar-refractivity contribution in [2.75, 3.05) is 18.0 Å². The highest BCUT2D eigenvalue weighted by Gasteiger charge is 2.27. The highest BCUT2D eigenvalue weighted by molar-refractivity contribution is 5.72. The average Bonchev–Trinajstić information content (AvgIpc) is 3.22. The van der Waals surface area contributed by atoms with Crippen LogP contribution in [0.4, 0.5) is 5.95 Å². The zero-order chi connectivity index (χ0) is 18.5. The highest BCUT2D eigenvalue weighted by Crippen LogP contribution is 2.21. The predicted molar refractivity (Wildman–Crippen MR) is 100 cm³/mol. The van der Waals surface area contributed by atoms with Crippen molar-refractivity contribution in [3.63, 3.8) is 0 Å². The number of carbonyl (C=O) groups excluding carboxylic acids is 1. The van der Waals surface area contributed by atoms with Gasteiger partial charge in [0.1, 0.15) is 12.3 Å². The van der Waals surface area contributed by atoms with E-state index in [4.69, 9.17) is 4.74 Å². The second-order valence-corrected chi connectivity index (χ2v) is 6.51. The molecule has 3 heterocycles. The normalized spacial score (nSPS) is 14.9.